The van der Waals surface area contributed by atoms with E-state index in [0.717, 1.165) is 44.9 Å². The molecule has 52 heavy (non-hydrogen) atoms. The van der Waals surface area contributed by atoms with Crippen molar-refractivity contribution in [2.45, 2.75) is 24.6 Å². The van der Waals surface area contributed by atoms with Crippen LogP contribution in [0.4, 0.5) is 11.4 Å². The zero-order chi connectivity index (χ0) is 35.6. The molecular formula is C43H40N4O5. The molecule has 0 fully saturated rings. The van der Waals surface area contributed by atoms with E-state index in [0.29, 0.717) is 12.2 Å². The van der Waals surface area contributed by atoms with Crippen molar-refractivity contribution >= 4 is 17.3 Å². The Morgan fingerprint density at radius 3 is 1.81 bits per heavy atom. The monoisotopic (exact) mass is 692 g/mol. The summed E-state index contributed by atoms with van der Waals surface area (Å²) in [5.74, 6) is 0.994. The first-order valence-corrected chi connectivity index (χ1v) is 17.1. The van der Waals surface area contributed by atoms with Gasteiger partial charge in [0.05, 0.1) is 18.3 Å². The molecule has 6 aromatic rings. The van der Waals surface area contributed by atoms with Crippen molar-refractivity contribution in [3.8, 4) is 11.5 Å². The molecule has 0 unspecified atom stereocenters. The summed E-state index contributed by atoms with van der Waals surface area (Å²) < 4.78 is 17.2. The molecule has 0 saturated carbocycles. The molecular weight excluding hydrogens is 652 g/mol. The number of esters is 1. The number of nitrogens with zero attached hydrogens (tertiary/aromatic N) is 1. The van der Waals surface area contributed by atoms with E-state index in [2.05, 4.69) is 52.7 Å². The Kier molecular flexibility index (Phi) is 10.7. The summed E-state index contributed by atoms with van der Waals surface area (Å²) in [6.07, 6.45) is 0.354. The van der Waals surface area contributed by atoms with E-state index < -0.39 is 11.6 Å². The third kappa shape index (κ3) is 7.77. The van der Waals surface area contributed by atoms with E-state index in [1.165, 1.54) is 5.17 Å². The lowest BCUT2D eigenvalue weighted by molar-refractivity contribution is -0.148. The maximum atomic E-state index is 14.3. The standard InChI is InChI=1S/C43H40N4O5/c1-49-37-25-23-33(24-26-37)30-50-42(48)40(29-32-21-27-38(28-22-32)51-31-52-47-41-20-12-11-19-39(41)45-46-47)44-43(34-13-5-2-6-14-34,35-15-7-3-8-16-35)36-17-9-4-10-18-36/h2-28,40,44-46H,29-31H2,1H3/t40-/m1/s1. The third-order valence-electron chi connectivity index (χ3n) is 9.02. The summed E-state index contributed by atoms with van der Waals surface area (Å²) in [6.45, 7) is 0.104. The van der Waals surface area contributed by atoms with Crippen LogP contribution in [0.5, 0.6) is 11.5 Å². The van der Waals surface area contributed by atoms with Gasteiger partial charge in [-0.3, -0.25) is 15.5 Å². The van der Waals surface area contributed by atoms with Crippen molar-refractivity contribution in [2.24, 2.45) is 0 Å². The highest BCUT2D eigenvalue weighted by atomic mass is 16.8. The lowest BCUT2D eigenvalue weighted by atomic mass is 9.76. The van der Waals surface area contributed by atoms with Crippen LogP contribution in [0.2, 0.25) is 0 Å². The minimum absolute atomic E-state index is 0.0159. The number of carbonyl (C=O) groups excluding carboxylic acids is 1. The molecule has 3 N–H and O–H groups in total. The van der Waals surface area contributed by atoms with Gasteiger partial charge in [-0.25, -0.2) is 4.84 Å². The predicted octanol–water partition coefficient (Wildman–Crippen LogP) is 7.55. The van der Waals surface area contributed by atoms with Crippen molar-refractivity contribution in [3.05, 3.63) is 192 Å². The fraction of sp³-hybridized carbons (Fsp3) is 0.140. The number of hydrazine groups is 2. The SMILES string of the molecule is COc1ccc(COC(=O)[C@@H](Cc2ccc(OCON3NNc4ccccc43)cc2)NC(c2ccccc2)(c2ccccc2)c2ccccc2)cc1. The Hall–Kier alpha value is -6.13. The Bertz CT molecular complexity index is 1930. The van der Waals surface area contributed by atoms with Crippen LogP contribution in [0.15, 0.2) is 164 Å². The molecule has 0 aromatic heterocycles. The first-order chi connectivity index (χ1) is 25.6. The molecule has 0 radical (unpaired) electrons. The molecule has 9 heteroatoms. The summed E-state index contributed by atoms with van der Waals surface area (Å²) in [4.78, 5) is 20.0. The molecule has 0 spiro atoms. The van der Waals surface area contributed by atoms with Gasteiger partial charge >= 0.3 is 5.97 Å². The topological polar surface area (TPSA) is 93.3 Å². The number of fused-ring (bicyclic) bond motifs is 1. The van der Waals surface area contributed by atoms with Crippen molar-refractivity contribution in [1.82, 2.24) is 10.9 Å². The van der Waals surface area contributed by atoms with Gasteiger partial charge in [0.25, 0.3) is 0 Å². The quantitative estimate of drug-likeness (QED) is 0.0573. The van der Waals surface area contributed by atoms with Gasteiger partial charge in [-0.2, -0.15) is 5.17 Å². The fourth-order valence-electron chi connectivity index (χ4n) is 6.38. The molecule has 0 aliphatic carbocycles. The number of para-hydroxylation sites is 2. The van der Waals surface area contributed by atoms with Crippen molar-refractivity contribution < 1.29 is 23.8 Å². The van der Waals surface area contributed by atoms with Crippen LogP contribution in [0.1, 0.15) is 27.8 Å². The van der Waals surface area contributed by atoms with E-state index in [1.54, 1.807) is 7.11 Å². The number of rotatable bonds is 15. The first kappa shape index (κ1) is 34.3. The summed E-state index contributed by atoms with van der Waals surface area (Å²) in [5, 5.41) is 5.37. The summed E-state index contributed by atoms with van der Waals surface area (Å²) in [6, 6.07) is 52.9. The number of methoxy groups -OCH3 is 1. The Balaban J connectivity index is 1.15. The zero-order valence-corrected chi connectivity index (χ0v) is 28.8. The highest BCUT2D eigenvalue weighted by Gasteiger charge is 2.40. The lowest BCUT2D eigenvalue weighted by Gasteiger charge is -2.39. The largest absolute Gasteiger partial charge is 0.497 e. The predicted molar refractivity (Wildman–Crippen MR) is 201 cm³/mol. The number of ether oxygens (including phenoxy) is 3. The second-order valence-electron chi connectivity index (χ2n) is 12.3. The smallest absolute Gasteiger partial charge is 0.323 e. The van der Waals surface area contributed by atoms with Crippen molar-refractivity contribution in [2.75, 3.05) is 24.5 Å². The molecule has 1 heterocycles. The average molecular weight is 693 g/mol. The van der Waals surface area contributed by atoms with Gasteiger partial charge in [0, 0.05) is 0 Å². The van der Waals surface area contributed by atoms with Crippen LogP contribution in [-0.2, 0) is 32.9 Å². The molecule has 7 rings (SSSR count). The Morgan fingerprint density at radius 2 is 1.21 bits per heavy atom. The van der Waals surface area contributed by atoms with Gasteiger partial charge in [0.2, 0.25) is 6.79 Å². The number of anilines is 2. The van der Waals surface area contributed by atoms with Crippen LogP contribution in [0.3, 0.4) is 0 Å². The maximum Gasteiger partial charge on any atom is 0.323 e. The maximum absolute atomic E-state index is 14.3. The van der Waals surface area contributed by atoms with Crippen LogP contribution < -0.4 is 30.9 Å². The van der Waals surface area contributed by atoms with Gasteiger partial charge < -0.3 is 14.2 Å². The van der Waals surface area contributed by atoms with E-state index in [1.807, 2.05) is 127 Å². The normalized spacial score (nSPS) is 12.8. The van der Waals surface area contributed by atoms with Crippen LogP contribution in [-0.4, -0.2) is 25.9 Å². The van der Waals surface area contributed by atoms with Gasteiger partial charge in [-0.1, -0.05) is 127 Å². The highest BCUT2D eigenvalue weighted by Crippen LogP contribution is 2.38. The van der Waals surface area contributed by atoms with E-state index in [4.69, 9.17) is 19.0 Å². The summed E-state index contributed by atoms with van der Waals surface area (Å²) >= 11 is 0. The summed E-state index contributed by atoms with van der Waals surface area (Å²) in [7, 11) is 1.62. The van der Waals surface area contributed by atoms with E-state index in [9.17, 15) is 4.79 Å². The number of benzene rings is 6. The average Bonchev–Trinajstić information content (AvgIpc) is 3.63. The second kappa shape index (κ2) is 16.3. The van der Waals surface area contributed by atoms with Gasteiger partial charge in [0.15, 0.2) is 0 Å². The van der Waals surface area contributed by atoms with Gasteiger partial charge in [0.1, 0.15) is 29.8 Å². The summed E-state index contributed by atoms with van der Waals surface area (Å²) in [5.41, 5.74) is 11.7. The van der Waals surface area contributed by atoms with Crippen LogP contribution in [0, 0.1) is 0 Å². The zero-order valence-electron chi connectivity index (χ0n) is 28.8. The molecule has 1 atom stereocenters. The number of hydrogen-bond donors (Lipinski definition) is 3. The number of hydrogen-bond acceptors (Lipinski definition) is 9. The van der Waals surface area contributed by atoms with Gasteiger partial charge in [-0.05, 0) is 70.6 Å². The molecule has 1 aliphatic rings. The second-order valence-corrected chi connectivity index (χ2v) is 12.3. The van der Waals surface area contributed by atoms with E-state index >= 15 is 0 Å². The van der Waals surface area contributed by atoms with E-state index in [-0.39, 0.29) is 19.4 Å². The molecule has 262 valence electrons. The van der Waals surface area contributed by atoms with Crippen molar-refractivity contribution in [1.29, 1.82) is 0 Å². The minimum atomic E-state index is -0.884. The third-order valence-corrected chi connectivity index (χ3v) is 9.02. The molecule has 0 bridgehead atoms. The Labute approximate surface area is 303 Å². The molecule has 1 aliphatic heterocycles. The first-order valence-electron chi connectivity index (χ1n) is 17.1. The number of carbonyl (C=O) groups is 1. The fourth-order valence-corrected chi connectivity index (χ4v) is 6.38. The molecule has 0 amide bonds. The van der Waals surface area contributed by atoms with Crippen LogP contribution in [0.25, 0.3) is 0 Å². The van der Waals surface area contributed by atoms with Crippen LogP contribution >= 0.6 is 0 Å². The number of nitrogens with one attached hydrogen (secondary N) is 3. The molecule has 9 nitrogen and oxygen atoms in total. The Morgan fingerprint density at radius 1 is 0.673 bits per heavy atom. The molecule has 0 saturated heterocycles. The van der Waals surface area contributed by atoms with Gasteiger partial charge in [-0.15, -0.1) is 5.53 Å². The highest BCUT2D eigenvalue weighted by molar-refractivity contribution is 5.77. The minimum Gasteiger partial charge on any atom is -0.497 e. The van der Waals surface area contributed by atoms with Crippen molar-refractivity contribution in [3.63, 3.8) is 0 Å². The molecule has 6 aromatic carbocycles. The lowest BCUT2D eigenvalue weighted by Crippen LogP contribution is -2.53.